The van der Waals surface area contributed by atoms with Crippen LogP contribution < -0.4 is 10.6 Å². The molecule has 1 spiro atoms. The summed E-state index contributed by atoms with van der Waals surface area (Å²) in [5.41, 5.74) is -0.994. The van der Waals surface area contributed by atoms with E-state index < -0.39 is 11.6 Å². The highest BCUT2D eigenvalue weighted by atomic mass is 16.2. The summed E-state index contributed by atoms with van der Waals surface area (Å²) in [6.45, 7) is 6.96. The summed E-state index contributed by atoms with van der Waals surface area (Å²) >= 11 is 0. The van der Waals surface area contributed by atoms with Gasteiger partial charge in [0.1, 0.15) is 5.54 Å². The molecule has 2 N–H and O–H groups in total. The van der Waals surface area contributed by atoms with Gasteiger partial charge in [0.25, 0.3) is 5.91 Å². The minimum absolute atomic E-state index is 0.0422. The smallest absolute Gasteiger partial charge is 0.322 e. The average molecular weight is 267 g/mol. The van der Waals surface area contributed by atoms with E-state index in [2.05, 4.69) is 10.6 Å². The molecule has 1 atom stereocenters. The maximum absolute atomic E-state index is 12.2. The largest absolute Gasteiger partial charge is 0.340 e. The summed E-state index contributed by atoms with van der Waals surface area (Å²) in [6, 6.07) is -0.463. The van der Waals surface area contributed by atoms with Gasteiger partial charge in [-0.3, -0.25) is 14.9 Å². The van der Waals surface area contributed by atoms with Crippen molar-refractivity contribution in [2.75, 3.05) is 13.1 Å². The van der Waals surface area contributed by atoms with Gasteiger partial charge in [0.15, 0.2) is 0 Å². The van der Waals surface area contributed by atoms with Crippen molar-refractivity contribution in [3.05, 3.63) is 0 Å². The summed E-state index contributed by atoms with van der Waals surface area (Å²) in [6.07, 6.45) is 1.76. The Bertz CT molecular complexity index is 427. The van der Waals surface area contributed by atoms with E-state index in [9.17, 15) is 14.4 Å². The Morgan fingerprint density at radius 2 is 2.05 bits per heavy atom. The Balaban J connectivity index is 2.07. The number of likely N-dealkylation sites (tertiary alicyclic amines) is 1. The van der Waals surface area contributed by atoms with Crippen LogP contribution in [-0.2, 0) is 9.59 Å². The zero-order chi connectivity index (χ0) is 14.3. The molecule has 6 heteroatoms. The number of carbonyl (C=O) groups excluding carboxylic acids is 3. The lowest BCUT2D eigenvalue weighted by atomic mass is 9.87. The molecule has 2 rings (SSSR count). The molecule has 0 bridgehead atoms. The highest BCUT2D eigenvalue weighted by Gasteiger charge is 2.49. The highest BCUT2D eigenvalue weighted by Crippen LogP contribution is 2.27. The predicted octanol–water partition coefficient (Wildman–Crippen LogP) is 0.623. The van der Waals surface area contributed by atoms with Crippen molar-refractivity contribution < 1.29 is 14.4 Å². The molecule has 0 radical (unpaired) electrons. The summed E-state index contributed by atoms with van der Waals surface area (Å²) in [5, 5.41) is 4.93. The molecule has 2 heterocycles. The van der Waals surface area contributed by atoms with Crippen LogP contribution in [0.25, 0.3) is 0 Å². The first-order valence-corrected chi connectivity index (χ1v) is 6.63. The second kappa shape index (κ2) is 4.51. The van der Waals surface area contributed by atoms with Gasteiger partial charge in [-0.1, -0.05) is 20.8 Å². The first kappa shape index (κ1) is 13.8. The van der Waals surface area contributed by atoms with Gasteiger partial charge < -0.3 is 10.2 Å². The topological polar surface area (TPSA) is 78.5 Å². The van der Waals surface area contributed by atoms with Gasteiger partial charge in [0.05, 0.1) is 6.54 Å². The monoisotopic (exact) mass is 267 g/mol. The van der Waals surface area contributed by atoms with E-state index in [4.69, 9.17) is 0 Å². The van der Waals surface area contributed by atoms with E-state index in [0.29, 0.717) is 19.4 Å². The van der Waals surface area contributed by atoms with Crippen LogP contribution >= 0.6 is 0 Å². The fraction of sp³-hybridized carbons (Fsp3) is 0.769. The number of urea groups is 1. The Kier molecular flexibility index (Phi) is 3.28. The second-order valence-electron chi connectivity index (χ2n) is 6.65. The normalized spacial score (nSPS) is 27.4. The minimum Gasteiger partial charge on any atom is -0.340 e. The van der Waals surface area contributed by atoms with Gasteiger partial charge >= 0.3 is 6.03 Å². The van der Waals surface area contributed by atoms with E-state index in [0.717, 1.165) is 6.42 Å². The van der Waals surface area contributed by atoms with Crippen LogP contribution in [0.1, 0.15) is 40.0 Å². The van der Waals surface area contributed by atoms with Crippen LogP contribution in [0.4, 0.5) is 4.79 Å². The molecule has 0 saturated carbocycles. The van der Waals surface area contributed by atoms with Gasteiger partial charge in [-0.15, -0.1) is 0 Å². The van der Waals surface area contributed by atoms with Crippen LogP contribution in [-0.4, -0.2) is 41.4 Å². The SMILES string of the molecule is CC(C)(C)CC(=O)N1CCCC2(C1)NC(=O)NC2=O. The van der Waals surface area contributed by atoms with Crippen LogP contribution in [0.15, 0.2) is 0 Å². The number of rotatable bonds is 1. The van der Waals surface area contributed by atoms with Gasteiger partial charge in [-0.25, -0.2) is 4.79 Å². The Labute approximate surface area is 112 Å². The number of piperidine rings is 1. The van der Waals surface area contributed by atoms with E-state index in [1.807, 2.05) is 20.8 Å². The van der Waals surface area contributed by atoms with Crippen molar-refractivity contribution in [1.29, 1.82) is 0 Å². The molecule has 6 nitrogen and oxygen atoms in total. The van der Waals surface area contributed by atoms with Gasteiger partial charge in [-0.2, -0.15) is 0 Å². The predicted molar refractivity (Wildman–Crippen MR) is 69.3 cm³/mol. The van der Waals surface area contributed by atoms with Gasteiger partial charge in [0.2, 0.25) is 5.91 Å². The Morgan fingerprint density at radius 3 is 2.58 bits per heavy atom. The fourth-order valence-corrected chi connectivity index (χ4v) is 2.65. The second-order valence-corrected chi connectivity index (χ2v) is 6.65. The zero-order valence-electron chi connectivity index (χ0n) is 11.7. The number of hydrogen-bond donors (Lipinski definition) is 2. The summed E-state index contributed by atoms with van der Waals surface area (Å²) < 4.78 is 0. The third-order valence-electron chi connectivity index (χ3n) is 3.54. The quantitative estimate of drug-likeness (QED) is 0.684. The van der Waals surface area contributed by atoms with Crippen LogP contribution in [0.5, 0.6) is 0 Å². The molecule has 2 saturated heterocycles. The molecule has 0 aromatic carbocycles. The number of nitrogens with zero attached hydrogens (tertiary/aromatic N) is 1. The molecule has 4 amide bonds. The fourth-order valence-electron chi connectivity index (χ4n) is 2.65. The number of nitrogens with one attached hydrogen (secondary N) is 2. The molecule has 106 valence electrons. The van der Waals surface area contributed by atoms with Crippen LogP contribution in [0, 0.1) is 5.41 Å². The molecule has 2 aliphatic heterocycles. The molecule has 1 unspecified atom stereocenters. The lowest BCUT2D eigenvalue weighted by Crippen LogP contribution is -2.59. The van der Waals surface area contributed by atoms with Crippen molar-refractivity contribution >= 4 is 17.8 Å². The maximum Gasteiger partial charge on any atom is 0.322 e. The van der Waals surface area contributed by atoms with E-state index in [1.54, 1.807) is 4.90 Å². The Morgan fingerprint density at radius 1 is 1.37 bits per heavy atom. The van der Waals surface area contributed by atoms with Crippen LogP contribution in [0.2, 0.25) is 0 Å². The lowest BCUT2D eigenvalue weighted by Gasteiger charge is -2.39. The number of imide groups is 1. The van der Waals surface area contributed by atoms with E-state index in [1.165, 1.54) is 0 Å². The van der Waals surface area contributed by atoms with Crippen molar-refractivity contribution in [3.8, 4) is 0 Å². The first-order valence-electron chi connectivity index (χ1n) is 6.63. The minimum atomic E-state index is -0.914. The van der Waals surface area contributed by atoms with E-state index >= 15 is 0 Å². The number of hydrogen-bond acceptors (Lipinski definition) is 3. The van der Waals surface area contributed by atoms with Crippen LogP contribution in [0.3, 0.4) is 0 Å². The first-order chi connectivity index (χ1) is 8.72. The number of carbonyl (C=O) groups is 3. The molecule has 19 heavy (non-hydrogen) atoms. The summed E-state index contributed by atoms with van der Waals surface area (Å²) in [5.74, 6) is -0.272. The zero-order valence-corrected chi connectivity index (χ0v) is 11.7. The maximum atomic E-state index is 12.2. The molecular weight excluding hydrogens is 246 g/mol. The molecule has 0 aromatic rings. The Hall–Kier alpha value is -1.59. The summed E-state index contributed by atoms with van der Waals surface area (Å²) in [7, 11) is 0. The van der Waals surface area contributed by atoms with Crippen molar-refractivity contribution in [1.82, 2.24) is 15.5 Å². The van der Waals surface area contributed by atoms with Crippen molar-refractivity contribution in [2.24, 2.45) is 5.41 Å². The summed E-state index contributed by atoms with van der Waals surface area (Å²) in [4.78, 5) is 37.1. The third kappa shape index (κ3) is 2.88. The standard InChI is InChI=1S/C13H21N3O3/c1-12(2,3)7-9(17)16-6-4-5-13(8-16)10(18)14-11(19)15-13/h4-8H2,1-3H3,(H2,14,15,18,19). The van der Waals surface area contributed by atoms with Crippen molar-refractivity contribution in [3.63, 3.8) is 0 Å². The van der Waals surface area contributed by atoms with Gasteiger partial charge in [0, 0.05) is 13.0 Å². The molecule has 2 fully saturated rings. The van der Waals surface area contributed by atoms with Crippen molar-refractivity contribution in [2.45, 2.75) is 45.6 Å². The third-order valence-corrected chi connectivity index (χ3v) is 3.54. The van der Waals surface area contributed by atoms with Gasteiger partial charge in [-0.05, 0) is 18.3 Å². The molecule has 0 aliphatic carbocycles. The molecule has 0 aromatic heterocycles. The molecular formula is C13H21N3O3. The number of amides is 4. The highest BCUT2D eigenvalue weighted by molar-refractivity contribution is 6.07. The molecule has 2 aliphatic rings. The lowest BCUT2D eigenvalue weighted by molar-refractivity contribution is -0.137. The average Bonchev–Trinajstić information content (AvgIpc) is 2.51. The van der Waals surface area contributed by atoms with E-state index in [-0.39, 0.29) is 23.8 Å².